The summed E-state index contributed by atoms with van der Waals surface area (Å²) in [4.78, 5) is 18.4. The van der Waals surface area contributed by atoms with Gasteiger partial charge in [-0.25, -0.2) is 9.97 Å². The topological polar surface area (TPSA) is 68.9 Å². The third kappa shape index (κ3) is 3.78. The molecular formula is C19H23N3O2. The second-order valence-electron chi connectivity index (χ2n) is 6.65. The molecule has 0 unspecified atom stereocenters. The Bertz CT molecular complexity index is 675. The van der Waals surface area contributed by atoms with Gasteiger partial charge in [-0.05, 0) is 43.1 Å². The standard InChI is InChI=1S/C19H23N3O2/c1-2-3-14-4-6-15(7-5-14)16-8-10-17(11-9-16)19-20-12-18(13-21-19)22(23)24/h8-15H,2-7H2,1H3. The third-order valence-electron chi connectivity index (χ3n) is 5.03. The minimum Gasteiger partial charge on any atom is -0.258 e. The number of aromatic nitrogens is 2. The maximum Gasteiger partial charge on any atom is 0.305 e. The Labute approximate surface area is 142 Å². The van der Waals surface area contributed by atoms with Crippen LogP contribution >= 0.6 is 0 Å². The molecule has 0 radical (unpaired) electrons. The normalized spacial score (nSPS) is 20.7. The first-order chi connectivity index (χ1) is 11.7. The van der Waals surface area contributed by atoms with Crippen LogP contribution in [0.1, 0.15) is 56.9 Å². The van der Waals surface area contributed by atoms with E-state index in [-0.39, 0.29) is 5.69 Å². The smallest absolute Gasteiger partial charge is 0.258 e. The van der Waals surface area contributed by atoms with Crippen molar-refractivity contribution in [1.29, 1.82) is 0 Å². The third-order valence-corrected chi connectivity index (χ3v) is 5.03. The lowest BCUT2D eigenvalue weighted by atomic mass is 9.77. The molecule has 1 fully saturated rings. The maximum absolute atomic E-state index is 10.7. The zero-order valence-corrected chi connectivity index (χ0v) is 14.0. The van der Waals surface area contributed by atoms with E-state index in [2.05, 4.69) is 29.0 Å². The Kier molecular flexibility index (Phi) is 5.18. The number of nitro groups is 1. The predicted molar refractivity (Wildman–Crippen MR) is 93.7 cm³/mol. The summed E-state index contributed by atoms with van der Waals surface area (Å²) in [5, 5.41) is 10.7. The van der Waals surface area contributed by atoms with Gasteiger partial charge in [-0.1, -0.05) is 44.0 Å². The molecule has 0 spiro atoms. The molecule has 1 aromatic carbocycles. The highest BCUT2D eigenvalue weighted by Crippen LogP contribution is 2.37. The lowest BCUT2D eigenvalue weighted by molar-refractivity contribution is -0.385. The van der Waals surface area contributed by atoms with Crippen LogP contribution < -0.4 is 0 Å². The second kappa shape index (κ2) is 7.51. The molecular weight excluding hydrogens is 302 g/mol. The average Bonchev–Trinajstić information content (AvgIpc) is 2.63. The number of hydrogen-bond donors (Lipinski definition) is 0. The van der Waals surface area contributed by atoms with Crippen LogP contribution in [0.2, 0.25) is 0 Å². The summed E-state index contributed by atoms with van der Waals surface area (Å²) in [6.45, 7) is 2.27. The van der Waals surface area contributed by atoms with Crippen LogP contribution in [0.3, 0.4) is 0 Å². The van der Waals surface area contributed by atoms with E-state index in [4.69, 9.17) is 0 Å². The van der Waals surface area contributed by atoms with Gasteiger partial charge in [0.05, 0.1) is 4.92 Å². The Morgan fingerprint density at radius 3 is 2.25 bits per heavy atom. The van der Waals surface area contributed by atoms with Gasteiger partial charge in [0.15, 0.2) is 5.82 Å². The summed E-state index contributed by atoms with van der Waals surface area (Å²) in [6.07, 6.45) is 10.4. The van der Waals surface area contributed by atoms with Gasteiger partial charge in [-0.3, -0.25) is 10.1 Å². The fourth-order valence-corrected chi connectivity index (χ4v) is 3.66. The Hall–Kier alpha value is -2.30. The van der Waals surface area contributed by atoms with Crippen LogP contribution in [0.5, 0.6) is 0 Å². The summed E-state index contributed by atoms with van der Waals surface area (Å²) in [7, 11) is 0. The molecule has 1 aliphatic carbocycles. The molecule has 5 heteroatoms. The van der Waals surface area contributed by atoms with Crippen LogP contribution in [-0.2, 0) is 0 Å². The summed E-state index contributed by atoms with van der Waals surface area (Å²) >= 11 is 0. The van der Waals surface area contributed by atoms with Crippen molar-refractivity contribution < 1.29 is 4.92 Å². The van der Waals surface area contributed by atoms with Crippen LogP contribution in [0, 0.1) is 16.0 Å². The molecule has 0 aliphatic heterocycles. The molecule has 0 atom stereocenters. The summed E-state index contributed by atoms with van der Waals surface area (Å²) < 4.78 is 0. The van der Waals surface area contributed by atoms with E-state index in [1.54, 1.807) is 0 Å². The van der Waals surface area contributed by atoms with Crippen molar-refractivity contribution in [3.8, 4) is 11.4 Å². The summed E-state index contributed by atoms with van der Waals surface area (Å²) in [6, 6.07) is 8.36. The molecule has 24 heavy (non-hydrogen) atoms. The van der Waals surface area contributed by atoms with E-state index in [9.17, 15) is 10.1 Å². The van der Waals surface area contributed by atoms with Crippen molar-refractivity contribution in [2.24, 2.45) is 5.92 Å². The van der Waals surface area contributed by atoms with E-state index < -0.39 is 4.92 Å². The average molecular weight is 325 g/mol. The Balaban J connectivity index is 1.66. The monoisotopic (exact) mass is 325 g/mol. The summed E-state index contributed by atoms with van der Waals surface area (Å²) in [5.41, 5.74) is 2.20. The van der Waals surface area contributed by atoms with Crippen LogP contribution in [0.4, 0.5) is 5.69 Å². The lowest BCUT2D eigenvalue weighted by Gasteiger charge is -2.28. The fourth-order valence-electron chi connectivity index (χ4n) is 3.66. The van der Waals surface area contributed by atoms with Gasteiger partial charge in [0, 0.05) is 5.56 Å². The van der Waals surface area contributed by atoms with E-state index in [1.165, 1.54) is 56.5 Å². The first kappa shape index (κ1) is 16.6. The first-order valence-electron chi connectivity index (χ1n) is 8.74. The fraction of sp³-hybridized carbons (Fsp3) is 0.474. The molecule has 1 saturated carbocycles. The van der Waals surface area contributed by atoms with Crippen molar-refractivity contribution in [2.75, 3.05) is 0 Å². The highest BCUT2D eigenvalue weighted by molar-refractivity contribution is 5.55. The SMILES string of the molecule is CCCC1CCC(c2ccc(-c3ncc([N+](=O)[O-])cn3)cc2)CC1. The molecule has 0 saturated heterocycles. The number of hydrogen-bond acceptors (Lipinski definition) is 4. The zero-order valence-electron chi connectivity index (χ0n) is 14.0. The van der Waals surface area contributed by atoms with Crippen molar-refractivity contribution in [2.45, 2.75) is 51.4 Å². The van der Waals surface area contributed by atoms with Gasteiger partial charge in [0.25, 0.3) is 0 Å². The Morgan fingerprint density at radius 2 is 1.71 bits per heavy atom. The first-order valence-corrected chi connectivity index (χ1v) is 8.74. The van der Waals surface area contributed by atoms with Crippen LogP contribution in [0.15, 0.2) is 36.7 Å². The summed E-state index contributed by atoms with van der Waals surface area (Å²) in [5.74, 6) is 2.10. The number of rotatable bonds is 5. The van der Waals surface area contributed by atoms with Gasteiger partial charge in [0.2, 0.25) is 0 Å². The van der Waals surface area contributed by atoms with E-state index >= 15 is 0 Å². The highest BCUT2D eigenvalue weighted by Gasteiger charge is 2.21. The maximum atomic E-state index is 10.7. The molecule has 3 rings (SSSR count). The van der Waals surface area contributed by atoms with Crippen molar-refractivity contribution in [3.63, 3.8) is 0 Å². The predicted octanol–water partition coefficient (Wildman–Crippen LogP) is 5.13. The van der Waals surface area contributed by atoms with Crippen molar-refractivity contribution >= 4 is 5.69 Å². The van der Waals surface area contributed by atoms with Gasteiger partial charge >= 0.3 is 5.69 Å². The van der Waals surface area contributed by atoms with Crippen LogP contribution in [-0.4, -0.2) is 14.9 Å². The quantitative estimate of drug-likeness (QED) is 0.564. The number of benzene rings is 1. The van der Waals surface area contributed by atoms with E-state index in [0.717, 1.165) is 11.5 Å². The van der Waals surface area contributed by atoms with Gasteiger partial charge in [-0.15, -0.1) is 0 Å². The second-order valence-corrected chi connectivity index (χ2v) is 6.65. The minimum absolute atomic E-state index is 0.0841. The molecule has 1 aliphatic rings. The largest absolute Gasteiger partial charge is 0.305 e. The lowest BCUT2D eigenvalue weighted by Crippen LogP contribution is -2.13. The number of nitrogens with zero attached hydrogens (tertiary/aromatic N) is 3. The van der Waals surface area contributed by atoms with Crippen molar-refractivity contribution in [1.82, 2.24) is 9.97 Å². The van der Waals surface area contributed by atoms with Crippen molar-refractivity contribution in [3.05, 3.63) is 52.3 Å². The van der Waals surface area contributed by atoms with Crippen LogP contribution in [0.25, 0.3) is 11.4 Å². The molecule has 5 nitrogen and oxygen atoms in total. The van der Waals surface area contributed by atoms with E-state index in [1.807, 2.05) is 12.1 Å². The highest BCUT2D eigenvalue weighted by atomic mass is 16.6. The molecule has 0 N–H and O–H groups in total. The molecule has 1 heterocycles. The van der Waals surface area contributed by atoms with Gasteiger partial charge in [0.1, 0.15) is 12.4 Å². The van der Waals surface area contributed by atoms with Gasteiger partial charge in [-0.2, -0.15) is 0 Å². The zero-order chi connectivity index (χ0) is 16.9. The molecule has 0 bridgehead atoms. The molecule has 0 amide bonds. The molecule has 2 aromatic rings. The minimum atomic E-state index is -0.484. The Morgan fingerprint density at radius 1 is 1.08 bits per heavy atom. The van der Waals surface area contributed by atoms with E-state index in [0.29, 0.717) is 11.7 Å². The molecule has 1 aromatic heterocycles. The van der Waals surface area contributed by atoms with Gasteiger partial charge < -0.3 is 0 Å². The molecule has 126 valence electrons.